The van der Waals surface area contributed by atoms with Crippen LogP contribution in [0.5, 0.6) is 0 Å². The molecule has 3 heterocycles. The summed E-state index contributed by atoms with van der Waals surface area (Å²) in [6.07, 6.45) is 8.31. The highest BCUT2D eigenvalue weighted by Gasteiger charge is 2.22. The summed E-state index contributed by atoms with van der Waals surface area (Å²) in [5, 5.41) is 10.4. The Morgan fingerprint density at radius 2 is 2.24 bits per heavy atom. The van der Waals surface area contributed by atoms with Gasteiger partial charge in [0.2, 0.25) is 5.91 Å². The van der Waals surface area contributed by atoms with Gasteiger partial charge in [-0.05, 0) is 43.5 Å². The zero-order valence-electron chi connectivity index (χ0n) is 11.8. The molecule has 6 heteroatoms. The number of pyridine rings is 1. The summed E-state index contributed by atoms with van der Waals surface area (Å²) in [6, 6.07) is 5.75. The SMILES string of the molecule is O=C(Nc1ccn(CCc2ccncc2)n1)C1CCCN1. The van der Waals surface area contributed by atoms with E-state index in [-0.39, 0.29) is 11.9 Å². The van der Waals surface area contributed by atoms with Crippen LogP contribution in [-0.4, -0.2) is 33.3 Å². The first-order valence-electron chi connectivity index (χ1n) is 7.28. The molecule has 110 valence electrons. The van der Waals surface area contributed by atoms with Gasteiger partial charge in [-0.3, -0.25) is 14.5 Å². The average molecular weight is 285 g/mol. The standard InChI is InChI=1S/C15H19N5O/c21-15(13-2-1-7-17-13)18-14-6-11-20(19-14)10-5-12-3-8-16-9-4-12/h3-4,6,8-9,11,13,17H,1-2,5,7,10H2,(H,18,19,21). The molecule has 1 aliphatic heterocycles. The Hall–Kier alpha value is -2.21. The molecule has 0 bridgehead atoms. The molecule has 1 amide bonds. The Bertz CT molecular complexity index is 589. The van der Waals surface area contributed by atoms with Gasteiger partial charge in [-0.1, -0.05) is 0 Å². The number of hydrogen-bond donors (Lipinski definition) is 2. The number of hydrogen-bond acceptors (Lipinski definition) is 4. The maximum absolute atomic E-state index is 12.0. The van der Waals surface area contributed by atoms with Gasteiger partial charge >= 0.3 is 0 Å². The lowest BCUT2D eigenvalue weighted by molar-refractivity contribution is -0.117. The van der Waals surface area contributed by atoms with Gasteiger partial charge < -0.3 is 10.6 Å². The zero-order valence-corrected chi connectivity index (χ0v) is 11.8. The van der Waals surface area contributed by atoms with Crippen molar-refractivity contribution >= 4 is 11.7 Å². The predicted octanol–water partition coefficient (Wildman–Crippen LogP) is 1.21. The van der Waals surface area contributed by atoms with Crippen LogP contribution in [0.25, 0.3) is 0 Å². The Balaban J connectivity index is 1.52. The lowest BCUT2D eigenvalue weighted by atomic mass is 10.2. The van der Waals surface area contributed by atoms with E-state index in [0.29, 0.717) is 5.82 Å². The van der Waals surface area contributed by atoms with Crippen molar-refractivity contribution in [1.82, 2.24) is 20.1 Å². The van der Waals surface area contributed by atoms with Crippen molar-refractivity contribution < 1.29 is 4.79 Å². The molecule has 21 heavy (non-hydrogen) atoms. The smallest absolute Gasteiger partial charge is 0.242 e. The fraction of sp³-hybridized carbons (Fsp3) is 0.400. The van der Waals surface area contributed by atoms with Gasteiger partial charge in [-0.2, -0.15) is 5.10 Å². The molecule has 0 spiro atoms. The fourth-order valence-corrected chi connectivity index (χ4v) is 2.47. The van der Waals surface area contributed by atoms with Crippen molar-refractivity contribution in [2.45, 2.75) is 31.8 Å². The van der Waals surface area contributed by atoms with Crippen molar-refractivity contribution in [3.05, 3.63) is 42.4 Å². The Kier molecular flexibility index (Phi) is 4.25. The zero-order chi connectivity index (χ0) is 14.5. The van der Waals surface area contributed by atoms with Crippen molar-refractivity contribution in [2.75, 3.05) is 11.9 Å². The minimum Gasteiger partial charge on any atom is -0.308 e. The highest BCUT2D eigenvalue weighted by Crippen LogP contribution is 2.09. The highest BCUT2D eigenvalue weighted by atomic mass is 16.2. The monoisotopic (exact) mass is 285 g/mol. The van der Waals surface area contributed by atoms with Crippen LogP contribution < -0.4 is 10.6 Å². The first kappa shape index (κ1) is 13.8. The number of rotatable bonds is 5. The quantitative estimate of drug-likeness (QED) is 0.866. The van der Waals surface area contributed by atoms with Crippen molar-refractivity contribution in [3.63, 3.8) is 0 Å². The van der Waals surface area contributed by atoms with E-state index < -0.39 is 0 Å². The third-order valence-corrected chi connectivity index (χ3v) is 3.65. The van der Waals surface area contributed by atoms with Crippen LogP contribution in [0.15, 0.2) is 36.8 Å². The molecule has 2 aromatic heterocycles. The molecular weight excluding hydrogens is 266 g/mol. The van der Waals surface area contributed by atoms with E-state index in [4.69, 9.17) is 0 Å². The van der Waals surface area contributed by atoms with Gasteiger partial charge in [0.05, 0.1) is 6.04 Å². The molecule has 0 aromatic carbocycles. The number of anilines is 1. The first-order valence-corrected chi connectivity index (χ1v) is 7.28. The summed E-state index contributed by atoms with van der Waals surface area (Å²) < 4.78 is 1.85. The van der Waals surface area contributed by atoms with Gasteiger partial charge in [0, 0.05) is 31.2 Å². The number of carbonyl (C=O) groups is 1. The Labute approximate surface area is 123 Å². The maximum Gasteiger partial charge on any atom is 0.242 e. The molecule has 0 aliphatic carbocycles. The predicted molar refractivity (Wildman–Crippen MR) is 79.8 cm³/mol. The minimum absolute atomic E-state index is 0.00637. The second-order valence-corrected chi connectivity index (χ2v) is 5.21. The molecule has 1 fully saturated rings. The third kappa shape index (κ3) is 3.66. The molecule has 6 nitrogen and oxygen atoms in total. The summed E-state index contributed by atoms with van der Waals surface area (Å²) in [6.45, 7) is 1.69. The van der Waals surface area contributed by atoms with Gasteiger partial charge in [-0.15, -0.1) is 0 Å². The molecular formula is C15H19N5O. The van der Waals surface area contributed by atoms with Gasteiger partial charge in [0.1, 0.15) is 0 Å². The third-order valence-electron chi connectivity index (χ3n) is 3.65. The molecule has 1 atom stereocenters. The summed E-state index contributed by atoms with van der Waals surface area (Å²) in [4.78, 5) is 16.0. The van der Waals surface area contributed by atoms with Crippen molar-refractivity contribution in [3.8, 4) is 0 Å². The maximum atomic E-state index is 12.0. The lowest BCUT2D eigenvalue weighted by Crippen LogP contribution is -2.35. The minimum atomic E-state index is -0.0769. The van der Waals surface area contributed by atoms with E-state index in [0.717, 1.165) is 32.4 Å². The van der Waals surface area contributed by atoms with Crippen LogP contribution in [0.3, 0.4) is 0 Å². The first-order chi connectivity index (χ1) is 10.3. The van der Waals surface area contributed by atoms with Crippen LogP contribution in [-0.2, 0) is 17.8 Å². The summed E-state index contributed by atoms with van der Waals surface area (Å²) in [7, 11) is 0. The van der Waals surface area contributed by atoms with Crippen LogP contribution >= 0.6 is 0 Å². The molecule has 0 radical (unpaired) electrons. The van der Waals surface area contributed by atoms with Crippen LogP contribution in [0, 0.1) is 0 Å². The number of aryl methyl sites for hydroxylation is 2. The van der Waals surface area contributed by atoms with Crippen LogP contribution in [0.4, 0.5) is 5.82 Å². The number of carbonyl (C=O) groups excluding carboxylic acids is 1. The largest absolute Gasteiger partial charge is 0.308 e. The van der Waals surface area contributed by atoms with Gasteiger partial charge in [0.15, 0.2) is 5.82 Å². The van der Waals surface area contributed by atoms with E-state index in [9.17, 15) is 4.79 Å². The molecule has 1 aliphatic rings. The number of nitrogens with zero attached hydrogens (tertiary/aromatic N) is 3. The number of nitrogens with one attached hydrogen (secondary N) is 2. The molecule has 0 saturated carbocycles. The van der Waals surface area contributed by atoms with E-state index in [1.54, 1.807) is 12.4 Å². The second-order valence-electron chi connectivity index (χ2n) is 5.21. The lowest BCUT2D eigenvalue weighted by Gasteiger charge is -2.08. The van der Waals surface area contributed by atoms with Gasteiger partial charge in [-0.25, -0.2) is 0 Å². The normalized spacial score (nSPS) is 17.8. The van der Waals surface area contributed by atoms with Gasteiger partial charge in [0.25, 0.3) is 0 Å². The Morgan fingerprint density at radius 1 is 1.38 bits per heavy atom. The molecule has 1 unspecified atom stereocenters. The summed E-state index contributed by atoms with van der Waals surface area (Å²) in [5.41, 5.74) is 1.22. The van der Waals surface area contributed by atoms with E-state index >= 15 is 0 Å². The molecule has 2 N–H and O–H groups in total. The number of amides is 1. The van der Waals surface area contributed by atoms with Crippen LogP contribution in [0.1, 0.15) is 18.4 Å². The van der Waals surface area contributed by atoms with E-state index in [2.05, 4.69) is 20.7 Å². The molecule has 1 saturated heterocycles. The van der Waals surface area contributed by atoms with Crippen LogP contribution in [0.2, 0.25) is 0 Å². The fourth-order valence-electron chi connectivity index (χ4n) is 2.47. The molecule has 2 aromatic rings. The van der Waals surface area contributed by atoms with E-state index in [1.165, 1.54) is 5.56 Å². The second kappa shape index (κ2) is 6.49. The molecule has 3 rings (SSSR count). The Morgan fingerprint density at radius 3 is 3.00 bits per heavy atom. The van der Waals surface area contributed by atoms with Crippen molar-refractivity contribution in [1.29, 1.82) is 0 Å². The van der Waals surface area contributed by atoms with E-state index in [1.807, 2.05) is 29.1 Å². The summed E-state index contributed by atoms with van der Waals surface area (Å²) in [5.74, 6) is 0.621. The number of aromatic nitrogens is 3. The van der Waals surface area contributed by atoms with Crippen molar-refractivity contribution in [2.24, 2.45) is 0 Å². The highest BCUT2D eigenvalue weighted by molar-refractivity contribution is 5.94. The topological polar surface area (TPSA) is 71.8 Å². The summed E-state index contributed by atoms with van der Waals surface area (Å²) >= 11 is 0. The average Bonchev–Trinajstić information content (AvgIpc) is 3.18.